The van der Waals surface area contributed by atoms with Gasteiger partial charge >= 0.3 is 20.1 Å². The topological polar surface area (TPSA) is 38.7 Å². The Morgan fingerprint density at radius 3 is 1.41 bits per heavy atom. The van der Waals surface area contributed by atoms with Crippen LogP contribution in [-0.2, 0) is 20.1 Å². The first-order valence-corrected chi connectivity index (χ1v) is 16.4. The van der Waals surface area contributed by atoms with Crippen molar-refractivity contribution < 1.29 is 20.1 Å². The van der Waals surface area contributed by atoms with Crippen LogP contribution >= 0.6 is 0 Å². The van der Waals surface area contributed by atoms with Crippen LogP contribution in [-0.4, -0.2) is 15.0 Å². The van der Waals surface area contributed by atoms with E-state index in [1.54, 1.807) is 0 Å². The Balaban J connectivity index is 0.000000246. The van der Waals surface area contributed by atoms with Crippen molar-refractivity contribution in [3.63, 3.8) is 0 Å². The molecule has 3 heterocycles. The average Bonchev–Trinajstić information content (AvgIpc) is 3.16. The minimum Gasteiger partial charge on any atom is -0.305 e. The summed E-state index contributed by atoms with van der Waals surface area (Å²) in [6.07, 6.45) is 1.87. The normalized spacial score (nSPS) is 10.7. The van der Waals surface area contributed by atoms with E-state index in [0.717, 1.165) is 56.3 Å². The van der Waals surface area contributed by atoms with Gasteiger partial charge in [-0.15, -0.1) is 108 Å². The molecule has 0 atom stereocenters. The van der Waals surface area contributed by atoms with Gasteiger partial charge in [-0.2, -0.15) is 0 Å². The minimum atomic E-state index is 0. The van der Waals surface area contributed by atoms with Crippen molar-refractivity contribution in [3.05, 3.63) is 175 Å². The van der Waals surface area contributed by atoms with Crippen LogP contribution in [0.5, 0.6) is 0 Å². The number of pyridine rings is 3. The second kappa shape index (κ2) is 16.9. The van der Waals surface area contributed by atoms with E-state index in [4.69, 9.17) is 9.97 Å². The quantitative estimate of drug-likeness (QED) is 0.151. The monoisotopic (exact) mass is 813 g/mol. The van der Waals surface area contributed by atoms with Crippen molar-refractivity contribution in [3.8, 4) is 56.3 Å². The van der Waals surface area contributed by atoms with Crippen LogP contribution in [0.25, 0.3) is 56.3 Å². The van der Waals surface area contributed by atoms with Gasteiger partial charge in [0.2, 0.25) is 0 Å². The average molecular weight is 813 g/mol. The van der Waals surface area contributed by atoms with Crippen LogP contribution < -0.4 is 0 Å². The van der Waals surface area contributed by atoms with E-state index in [-0.39, 0.29) is 20.1 Å². The van der Waals surface area contributed by atoms with Crippen LogP contribution in [0.2, 0.25) is 0 Å². The molecule has 0 bridgehead atoms. The second-order valence-corrected chi connectivity index (χ2v) is 12.3. The van der Waals surface area contributed by atoms with E-state index in [1.165, 1.54) is 11.1 Å². The Morgan fingerprint density at radius 1 is 0.429 bits per heavy atom. The molecule has 3 aromatic heterocycles. The largest absolute Gasteiger partial charge is 3.00 e. The van der Waals surface area contributed by atoms with Crippen molar-refractivity contribution >= 4 is 0 Å². The predicted molar refractivity (Wildman–Crippen MR) is 198 cm³/mol. The molecule has 0 N–H and O–H groups in total. The van der Waals surface area contributed by atoms with Crippen molar-refractivity contribution in [1.82, 2.24) is 15.0 Å². The fourth-order valence-corrected chi connectivity index (χ4v) is 5.36. The molecular weight excluding hydrogens is 775 g/mol. The van der Waals surface area contributed by atoms with E-state index in [2.05, 4.69) is 112 Å². The Labute approximate surface area is 304 Å². The first kappa shape index (κ1) is 35.3. The maximum absolute atomic E-state index is 5.03. The maximum atomic E-state index is 5.03. The fraction of sp³-hybridized carbons (Fsp3) is 0.133. The van der Waals surface area contributed by atoms with Crippen LogP contribution in [0.15, 0.2) is 146 Å². The van der Waals surface area contributed by atoms with Crippen LogP contribution in [0.1, 0.15) is 50.7 Å². The van der Waals surface area contributed by atoms with Gasteiger partial charge in [0.15, 0.2) is 0 Å². The van der Waals surface area contributed by atoms with E-state index >= 15 is 0 Å². The number of rotatable bonds is 7. The summed E-state index contributed by atoms with van der Waals surface area (Å²) in [7, 11) is 0. The summed E-state index contributed by atoms with van der Waals surface area (Å²) in [4.78, 5) is 14.4. The molecule has 242 valence electrons. The van der Waals surface area contributed by atoms with Gasteiger partial charge < -0.3 is 4.98 Å². The molecule has 4 heteroatoms. The third kappa shape index (κ3) is 9.12. The van der Waals surface area contributed by atoms with Gasteiger partial charge in [-0.05, 0) is 58.2 Å². The van der Waals surface area contributed by atoms with E-state index in [0.29, 0.717) is 11.8 Å². The first-order chi connectivity index (χ1) is 23.4. The summed E-state index contributed by atoms with van der Waals surface area (Å²) in [5.74, 6) is 0.906. The SMILES string of the molecule is CC(C)c1cc(-c2[c-]cccc2)nc(-c2cc(-c3ccccc3)cc(-c3[c-]cccc3)n2)c1.CC(C)c1ccnc(-c2[c-]cccc2)c1.[Ir+3]. The van der Waals surface area contributed by atoms with Crippen molar-refractivity contribution in [2.24, 2.45) is 0 Å². The molecule has 0 aliphatic carbocycles. The van der Waals surface area contributed by atoms with Gasteiger partial charge in [0.05, 0.1) is 11.4 Å². The summed E-state index contributed by atoms with van der Waals surface area (Å²) >= 11 is 0. The zero-order valence-corrected chi connectivity index (χ0v) is 30.6. The van der Waals surface area contributed by atoms with E-state index < -0.39 is 0 Å². The molecule has 0 aliphatic heterocycles. The molecule has 4 aromatic carbocycles. The smallest absolute Gasteiger partial charge is 0.305 e. The molecule has 0 unspecified atom stereocenters. The molecule has 0 aliphatic rings. The predicted octanol–water partition coefficient (Wildman–Crippen LogP) is 11.5. The third-order valence-electron chi connectivity index (χ3n) is 8.11. The summed E-state index contributed by atoms with van der Waals surface area (Å²) in [5.41, 5.74) is 12.3. The van der Waals surface area contributed by atoms with Gasteiger partial charge in [-0.1, -0.05) is 87.4 Å². The van der Waals surface area contributed by atoms with Crippen LogP contribution in [0, 0.1) is 18.2 Å². The number of hydrogen-bond acceptors (Lipinski definition) is 3. The number of hydrogen-bond donors (Lipinski definition) is 0. The van der Waals surface area contributed by atoms with Gasteiger partial charge in [0, 0.05) is 6.20 Å². The van der Waals surface area contributed by atoms with E-state index in [1.807, 2.05) is 85.1 Å². The number of aromatic nitrogens is 3. The molecule has 0 amide bonds. The van der Waals surface area contributed by atoms with Gasteiger partial charge in [0.25, 0.3) is 0 Å². The Kier molecular flexibility index (Phi) is 12.2. The van der Waals surface area contributed by atoms with Crippen LogP contribution in [0.4, 0.5) is 0 Å². The first-order valence-electron chi connectivity index (χ1n) is 16.4. The second-order valence-electron chi connectivity index (χ2n) is 12.3. The van der Waals surface area contributed by atoms with Crippen LogP contribution in [0.3, 0.4) is 0 Å². The summed E-state index contributed by atoms with van der Waals surface area (Å²) in [6.45, 7) is 8.78. The van der Waals surface area contributed by atoms with Crippen molar-refractivity contribution in [1.29, 1.82) is 0 Å². The van der Waals surface area contributed by atoms with Crippen molar-refractivity contribution in [2.75, 3.05) is 0 Å². The summed E-state index contributed by atoms with van der Waals surface area (Å²) in [5, 5.41) is 0. The Bertz CT molecular complexity index is 2000. The summed E-state index contributed by atoms with van der Waals surface area (Å²) in [6, 6.07) is 56.9. The molecule has 0 saturated heterocycles. The number of nitrogens with zero attached hydrogens (tertiary/aromatic N) is 3. The number of benzene rings is 4. The standard InChI is InChI=1S/C31H24N2.C14H14N.Ir/c1-22(2)26-18-28(24-14-8-4-9-15-24)32-30(19-26)31-21-27(23-12-6-3-7-13-23)20-29(33-31)25-16-10-5-11-17-25;1-11(2)13-8-9-15-14(10-13)12-6-4-3-5-7-12;/h3-14,16,18-22H,1-2H3;3-6,8-11H,1-2H3;/q-2;-1;+3. The molecule has 0 spiro atoms. The Morgan fingerprint density at radius 2 is 0.878 bits per heavy atom. The molecule has 49 heavy (non-hydrogen) atoms. The molecule has 7 rings (SSSR count). The zero-order chi connectivity index (χ0) is 33.3. The van der Waals surface area contributed by atoms with Crippen molar-refractivity contribution in [2.45, 2.75) is 39.5 Å². The Hall–Kier alpha value is -5.02. The van der Waals surface area contributed by atoms with Gasteiger partial charge in [-0.25, -0.2) is 0 Å². The molecule has 0 saturated carbocycles. The molecule has 0 fully saturated rings. The molecular formula is C45H38IrN3. The zero-order valence-electron chi connectivity index (χ0n) is 28.2. The molecule has 3 nitrogen and oxygen atoms in total. The third-order valence-corrected chi connectivity index (χ3v) is 8.11. The molecule has 7 aromatic rings. The van der Waals surface area contributed by atoms with E-state index in [9.17, 15) is 0 Å². The molecule has 0 radical (unpaired) electrons. The minimum absolute atomic E-state index is 0. The maximum Gasteiger partial charge on any atom is 3.00 e. The summed E-state index contributed by atoms with van der Waals surface area (Å²) < 4.78 is 0. The van der Waals surface area contributed by atoms with Gasteiger partial charge in [-0.3, -0.25) is 9.97 Å². The fourth-order valence-electron chi connectivity index (χ4n) is 5.36. The van der Waals surface area contributed by atoms with Gasteiger partial charge in [0.1, 0.15) is 0 Å².